The summed E-state index contributed by atoms with van der Waals surface area (Å²) in [6.45, 7) is 30.9. The third-order valence-corrected chi connectivity index (χ3v) is 13.6. The fourth-order valence-corrected chi connectivity index (χ4v) is 6.99. The maximum atomic E-state index is 14.1. The van der Waals surface area contributed by atoms with Crippen LogP contribution >= 0.6 is 0 Å². The molecule has 280 valence electrons. The Morgan fingerprint density at radius 2 is 1.64 bits per heavy atom. The fourth-order valence-electron chi connectivity index (χ4n) is 5.59. The molecule has 1 fully saturated rings. The summed E-state index contributed by atoms with van der Waals surface area (Å²) >= 11 is 0. The van der Waals surface area contributed by atoms with Crippen molar-refractivity contribution in [2.24, 2.45) is 0 Å². The van der Waals surface area contributed by atoms with Crippen LogP contribution in [0.25, 0.3) is 6.08 Å². The van der Waals surface area contributed by atoms with Gasteiger partial charge in [-0.3, -0.25) is 4.98 Å². The lowest BCUT2D eigenvalue weighted by Crippen LogP contribution is -2.43. The monoisotopic (exact) mass is 711 g/mol. The van der Waals surface area contributed by atoms with Crippen LogP contribution in [-0.2, 0) is 19.4 Å². The van der Waals surface area contributed by atoms with Gasteiger partial charge in [0.25, 0.3) is 0 Å². The molecule has 0 aliphatic heterocycles. The third kappa shape index (κ3) is 12.0. The van der Waals surface area contributed by atoms with Crippen LogP contribution in [-0.4, -0.2) is 58.6 Å². The Morgan fingerprint density at radius 1 is 1.00 bits per heavy atom. The van der Waals surface area contributed by atoms with E-state index in [1.165, 1.54) is 0 Å². The largest absolute Gasteiger partial charge is 0.444 e. The molecule has 11 heteroatoms. The molecular weight excluding hydrogens is 647 g/mol. The van der Waals surface area contributed by atoms with Gasteiger partial charge in [0.05, 0.1) is 22.6 Å². The maximum absolute atomic E-state index is 14.1. The first-order valence-electron chi connectivity index (χ1n) is 18.2. The summed E-state index contributed by atoms with van der Waals surface area (Å²) in [5.74, 6) is 0.884. The maximum Gasteiger partial charge on any atom is 0.420 e. The van der Waals surface area contributed by atoms with Crippen molar-refractivity contribution in [1.29, 1.82) is 0 Å². The first kappa shape index (κ1) is 41.2. The van der Waals surface area contributed by atoms with Gasteiger partial charge in [-0.15, -0.1) is 0 Å². The zero-order valence-corrected chi connectivity index (χ0v) is 34.6. The molecule has 2 aromatic heterocycles. The number of carbonyl (C=O) groups excluding carboxylic acids is 2. The zero-order chi connectivity index (χ0) is 37.9. The van der Waals surface area contributed by atoms with Crippen LogP contribution < -0.4 is 10.2 Å². The van der Waals surface area contributed by atoms with E-state index in [0.29, 0.717) is 17.2 Å². The minimum absolute atomic E-state index is 0.0582. The second kappa shape index (κ2) is 15.6. The van der Waals surface area contributed by atoms with Crippen molar-refractivity contribution in [1.82, 2.24) is 20.1 Å². The van der Waals surface area contributed by atoms with Gasteiger partial charge in [0, 0.05) is 30.3 Å². The Balaban J connectivity index is 1.90. The van der Waals surface area contributed by atoms with Gasteiger partial charge in [-0.2, -0.15) is 5.10 Å². The number of nitrogens with zero attached hydrogens (tertiary/aromatic N) is 4. The van der Waals surface area contributed by atoms with E-state index in [1.54, 1.807) is 11.1 Å². The average Bonchev–Trinajstić information content (AvgIpc) is 3.56. The van der Waals surface area contributed by atoms with Gasteiger partial charge in [0.1, 0.15) is 17.0 Å². The van der Waals surface area contributed by atoms with Crippen LogP contribution in [0.2, 0.25) is 18.1 Å². The van der Waals surface area contributed by atoms with Gasteiger partial charge >= 0.3 is 12.2 Å². The van der Waals surface area contributed by atoms with Crippen LogP contribution in [0.5, 0.6) is 0 Å². The predicted octanol–water partition coefficient (Wildman–Crippen LogP) is 10.5. The van der Waals surface area contributed by atoms with Crippen molar-refractivity contribution in [3.63, 3.8) is 0 Å². The molecule has 3 rings (SSSR count). The number of carbonyl (C=O) groups is 2. The molecule has 0 bridgehead atoms. The van der Waals surface area contributed by atoms with Crippen LogP contribution in [0, 0.1) is 0 Å². The van der Waals surface area contributed by atoms with Gasteiger partial charge in [0.15, 0.2) is 8.32 Å². The van der Waals surface area contributed by atoms with Crippen molar-refractivity contribution in [2.75, 3.05) is 4.90 Å². The number of allylic oxidation sites excluding steroid dienone is 1. The Kier molecular flexibility index (Phi) is 12.9. The number of hydrogen-bond donors (Lipinski definition) is 1. The minimum Gasteiger partial charge on any atom is -0.444 e. The molecule has 2 aromatic rings. The molecule has 1 saturated carbocycles. The van der Waals surface area contributed by atoms with Gasteiger partial charge in [-0.05, 0) is 138 Å². The Labute approximate surface area is 302 Å². The van der Waals surface area contributed by atoms with Crippen LogP contribution in [0.3, 0.4) is 0 Å². The highest BCUT2D eigenvalue weighted by molar-refractivity contribution is 6.74. The van der Waals surface area contributed by atoms with Gasteiger partial charge in [-0.1, -0.05) is 26.8 Å². The van der Waals surface area contributed by atoms with E-state index < -0.39 is 37.2 Å². The number of aromatic nitrogens is 3. The molecule has 10 nitrogen and oxygen atoms in total. The lowest BCUT2D eigenvalue weighted by atomic mass is 10.0. The summed E-state index contributed by atoms with van der Waals surface area (Å²) in [5, 5.41) is 8.19. The number of amides is 2. The number of rotatable bonds is 10. The van der Waals surface area contributed by atoms with E-state index in [1.807, 2.05) is 77.4 Å². The van der Waals surface area contributed by atoms with E-state index in [-0.39, 0.29) is 23.1 Å². The number of nitrogens with one attached hydrogen (secondary N) is 1. The number of ether oxygens (including phenoxy) is 2. The molecule has 0 aromatic carbocycles. The normalized spacial score (nSPS) is 18.3. The van der Waals surface area contributed by atoms with Gasteiger partial charge in [-0.25, -0.2) is 19.2 Å². The Hall–Kier alpha value is -3.18. The van der Waals surface area contributed by atoms with E-state index in [4.69, 9.17) is 19.0 Å². The molecule has 0 unspecified atom stereocenters. The van der Waals surface area contributed by atoms with Gasteiger partial charge in [0.2, 0.25) is 0 Å². The first-order valence-corrected chi connectivity index (χ1v) is 21.1. The van der Waals surface area contributed by atoms with Crippen molar-refractivity contribution in [3.05, 3.63) is 41.9 Å². The van der Waals surface area contributed by atoms with Gasteiger partial charge < -0.3 is 19.2 Å². The lowest BCUT2D eigenvalue weighted by Gasteiger charge is -2.38. The molecular formula is C39H65N5O5Si. The number of hydrogen-bond acceptors (Lipinski definition) is 7. The topological polar surface area (TPSA) is 108 Å². The minimum atomic E-state index is -1.90. The molecule has 0 radical (unpaired) electrons. The molecule has 3 atom stereocenters. The predicted molar refractivity (Wildman–Crippen MR) is 206 cm³/mol. The van der Waals surface area contributed by atoms with Crippen molar-refractivity contribution >= 4 is 38.1 Å². The summed E-state index contributed by atoms with van der Waals surface area (Å²) in [6, 6.07) is 5.72. The molecule has 1 aliphatic rings. The second-order valence-electron chi connectivity index (χ2n) is 18.3. The van der Waals surface area contributed by atoms with E-state index in [2.05, 4.69) is 71.0 Å². The van der Waals surface area contributed by atoms with E-state index in [0.717, 1.165) is 37.8 Å². The summed E-state index contributed by atoms with van der Waals surface area (Å²) in [4.78, 5) is 32.4. The Morgan fingerprint density at radius 3 is 2.22 bits per heavy atom. The molecule has 2 heterocycles. The Bertz CT molecular complexity index is 1490. The van der Waals surface area contributed by atoms with Crippen molar-refractivity contribution < 1.29 is 23.5 Å². The van der Waals surface area contributed by atoms with Crippen LogP contribution in [0.1, 0.15) is 139 Å². The summed E-state index contributed by atoms with van der Waals surface area (Å²) in [7, 11) is -1.90. The number of anilines is 2. The standard InChI is InChI=1S/C39H65N5O5Si/c1-27(41-34(45)47-37(5,6)7)18-16-17-19-29-25-30(22-23-40-29)43(35(46)48-38(8,9)10)33-26-32(42-44(33)36(2,3)4)28-20-21-31(24-28)49-50(14,15)39(11,12)13/h17,19,22-23,25-28,31H,16,18,20-21,24H2,1-15H3,(H,41,45)/b19-17+/t27-,28-,31+/m0/s1. The summed E-state index contributed by atoms with van der Waals surface area (Å²) in [5.41, 5.74) is 0.642. The lowest BCUT2D eigenvalue weighted by molar-refractivity contribution is 0.0505. The molecule has 0 spiro atoms. The molecule has 1 aliphatic carbocycles. The number of alkyl carbamates (subject to hydrolysis) is 1. The number of pyridine rings is 1. The van der Waals surface area contributed by atoms with Crippen LogP contribution in [0.4, 0.5) is 21.1 Å². The molecule has 50 heavy (non-hydrogen) atoms. The van der Waals surface area contributed by atoms with E-state index in [9.17, 15) is 9.59 Å². The third-order valence-electron chi connectivity index (χ3n) is 9.06. The SMILES string of the molecule is C[C@@H](CC/C=C/c1cc(N(C(=O)OC(C)(C)C)c2cc([C@H]3CC[C@@H](O[Si](C)(C)C(C)(C)C)C3)nn2C(C)(C)C)ccn1)NC(=O)OC(C)(C)C. The molecule has 1 N–H and O–H groups in total. The zero-order valence-electron chi connectivity index (χ0n) is 33.6. The summed E-state index contributed by atoms with van der Waals surface area (Å²) in [6.07, 6.45) is 9.32. The highest BCUT2D eigenvalue weighted by Gasteiger charge is 2.42. The average molecular weight is 712 g/mol. The smallest absolute Gasteiger partial charge is 0.420 e. The first-order chi connectivity index (χ1) is 22.8. The second-order valence-corrected chi connectivity index (χ2v) is 23.1. The molecule has 2 amide bonds. The fraction of sp³-hybridized carbons (Fsp3) is 0.692. The highest BCUT2D eigenvalue weighted by atomic mass is 28.4. The van der Waals surface area contributed by atoms with Crippen molar-refractivity contribution in [3.8, 4) is 0 Å². The van der Waals surface area contributed by atoms with E-state index >= 15 is 0 Å². The van der Waals surface area contributed by atoms with Crippen LogP contribution in [0.15, 0.2) is 30.5 Å². The van der Waals surface area contributed by atoms with Crippen molar-refractivity contribution in [2.45, 2.75) is 175 Å². The summed E-state index contributed by atoms with van der Waals surface area (Å²) < 4.78 is 20.1. The molecule has 0 saturated heterocycles. The highest BCUT2D eigenvalue weighted by Crippen LogP contribution is 2.44. The quantitative estimate of drug-likeness (QED) is 0.244.